The molecule has 8 heteroatoms. The zero-order valence-corrected chi connectivity index (χ0v) is 23.7. The van der Waals surface area contributed by atoms with Crippen molar-refractivity contribution in [3.63, 3.8) is 0 Å². The van der Waals surface area contributed by atoms with Crippen molar-refractivity contribution < 1.29 is 23.4 Å². The Labute approximate surface area is 234 Å². The fraction of sp³-hybridized carbons (Fsp3) is 0.452. The van der Waals surface area contributed by atoms with Crippen LogP contribution in [0.15, 0.2) is 48.5 Å². The molecule has 1 fully saturated rings. The summed E-state index contributed by atoms with van der Waals surface area (Å²) in [6.45, 7) is 7.63. The number of halogens is 1. The monoisotopic (exact) mass is 552 g/mol. The van der Waals surface area contributed by atoms with E-state index >= 15 is 0 Å². The Morgan fingerprint density at radius 1 is 1.18 bits per heavy atom. The second-order valence-corrected chi connectivity index (χ2v) is 11.5. The molecule has 3 aromatic rings. The van der Waals surface area contributed by atoms with Gasteiger partial charge in [-0.1, -0.05) is 24.3 Å². The van der Waals surface area contributed by atoms with Crippen LogP contribution in [0.3, 0.4) is 0 Å². The smallest absolute Gasteiger partial charge is 0.306 e. The van der Waals surface area contributed by atoms with Gasteiger partial charge in [0.2, 0.25) is 0 Å². The number of aryl methyl sites for hydroxylation is 1. The molecule has 1 atom stereocenters. The number of fused-ring (bicyclic) bond motifs is 2. The van der Waals surface area contributed by atoms with Crippen LogP contribution in [0.25, 0.3) is 0 Å². The van der Waals surface area contributed by atoms with Crippen molar-refractivity contribution in [3.8, 4) is 11.5 Å². The summed E-state index contributed by atoms with van der Waals surface area (Å²) in [6, 6.07) is 16.1. The number of carbonyl (C=O) groups excluding carboxylic acids is 1. The summed E-state index contributed by atoms with van der Waals surface area (Å²) in [7, 11) is 1.70. The van der Waals surface area contributed by atoms with E-state index in [2.05, 4.69) is 41.4 Å². The molecule has 6 nitrogen and oxygen atoms in total. The second-order valence-electron chi connectivity index (χ2n) is 10.3. The molecule has 2 aliphatic heterocycles. The Balaban J connectivity index is 1.27. The molecule has 39 heavy (non-hydrogen) atoms. The van der Waals surface area contributed by atoms with Gasteiger partial charge in [-0.2, -0.15) is 0 Å². The van der Waals surface area contributed by atoms with Crippen molar-refractivity contribution in [1.29, 1.82) is 0 Å². The first-order valence-corrected chi connectivity index (χ1v) is 14.6. The zero-order chi connectivity index (χ0) is 27.4. The molecule has 0 aliphatic carbocycles. The van der Waals surface area contributed by atoms with Gasteiger partial charge in [-0.05, 0) is 75.5 Å². The number of para-hydroxylation sites is 1. The molecule has 208 valence electrons. The van der Waals surface area contributed by atoms with E-state index in [1.807, 2.05) is 6.07 Å². The molecule has 1 spiro atoms. The van der Waals surface area contributed by atoms with E-state index in [1.165, 1.54) is 17.3 Å². The second kappa shape index (κ2) is 12.0. The van der Waals surface area contributed by atoms with Crippen molar-refractivity contribution in [3.05, 3.63) is 75.2 Å². The van der Waals surface area contributed by atoms with Crippen LogP contribution in [0.2, 0.25) is 0 Å². The molecule has 1 N–H and O–H groups in total. The molecule has 1 unspecified atom stereocenters. The zero-order valence-electron chi connectivity index (χ0n) is 22.9. The molecular weight excluding hydrogens is 515 g/mol. The minimum Gasteiger partial charge on any atom is -0.496 e. The number of methoxy groups -OCH3 is 1. The van der Waals surface area contributed by atoms with Crippen molar-refractivity contribution in [2.24, 2.45) is 0 Å². The number of anilines is 1. The minimum absolute atomic E-state index is 0.154. The Kier molecular flexibility index (Phi) is 8.43. The summed E-state index contributed by atoms with van der Waals surface area (Å²) in [5, 5.41) is 3.53. The highest BCUT2D eigenvalue weighted by molar-refractivity contribution is 7.12. The number of rotatable bonds is 10. The van der Waals surface area contributed by atoms with Gasteiger partial charge in [-0.3, -0.25) is 4.79 Å². The van der Waals surface area contributed by atoms with Crippen LogP contribution in [0.5, 0.6) is 11.5 Å². The topological polar surface area (TPSA) is 60.0 Å². The van der Waals surface area contributed by atoms with Gasteiger partial charge >= 0.3 is 5.97 Å². The van der Waals surface area contributed by atoms with Crippen molar-refractivity contribution in [1.82, 2.24) is 5.32 Å². The van der Waals surface area contributed by atoms with E-state index in [-0.39, 0.29) is 23.6 Å². The van der Waals surface area contributed by atoms with E-state index in [4.69, 9.17) is 14.2 Å². The number of ether oxygens (including phenoxy) is 3. The van der Waals surface area contributed by atoms with Gasteiger partial charge in [-0.25, -0.2) is 4.39 Å². The fourth-order valence-corrected chi connectivity index (χ4v) is 7.12. The summed E-state index contributed by atoms with van der Waals surface area (Å²) in [4.78, 5) is 16.3. The molecule has 0 radical (unpaired) electrons. The van der Waals surface area contributed by atoms with Gasteiger partial charge < -0.3 is 24.4 Å². The van der Waals surface area contributed by atoms with Crippen LogP contribution >= 0.6 is 11.3 Å². The average molecular weight is 553 g/mol. The van der Waals surface area contributed by atoms with Crippen LogP contribution in [0.4, 0.5) is 10.1 Å². The number of esters is 1. The summed E-state index contributed by atoms with van der Waals surface area (Å²) >= 11 is 1.68. The molecule has 1 saturated heterocycles. The molecule has 0 bridgehead atoms. The number of benzene rings is 2. The summed E-state index contributed by atoms with van der Waals surface area (Å²) in [5.74, 6) is 0.610. The van der Waals surface area contributed by atoms with Crippen molar-refractivity contribution >= 4 is 23.0 Å². The van der Waals surface area contributed by atoms with Gasteiger partial charge in [0.05, 0.1) is 25.1 Å². The summed E-state index contributed by atoms with van der Waals surface area (Å²) < 4.78 is 31.3. The number of hydrogen-bond donors (Lipinski definition) is 1. The average Bonchev–Trinajstić information content (AvgIpc) is 3.44. The predicted octanol–water partition coefficient (Wildman–Crippen LogP) is 6.00. The molecule has 5 rings (SSSR count). The third kappa shape index (κ3) is 5.63. The lowest BCUT2D eigenvalue weighted by Crippen LogP contribution is -2.48. The number of nitrogens with zero attached hydrogens (tertiary/aromatic N) is 1. The van der Waals surface area contributed by atoms with Crippen LogP contribution in [-0.2, 0) is 34.5 Å². The lowest BCUT2D eigenvalue weighted by Gasteiger charge is -2.40. The first-order chi connectivity index (χ1) is 18.9. The van der Waals surface area contributed by atoms with Crippen molar-refractivity contribution in [2.45, 2.75) is 64.1 Å². The van der Waals surface area contributed by atoms with Crippen LogP contribution in [0.1, 0.15) is 54.0 Å². The first-order valence-electron chi connectivity index (χ1n) is 13.7. The van der Waals surface area contributed by atoms with Crippen molar-refractivity contribution in [2.75, 3.05) is 31.7 Å². The maximum absolute atomic E-state index is 14.6. The first kappa shape index (κ1) is 27.5. The van der Waals surface area contributed by atoms with Gasteiger partial charge in [0.1, 0.15) is 23.9 Å². The Morgan fingerprint density at radius 3 is 2.72 bits per heavy atom. The quantitative estimate of drug-likeness (QED) is 0.312. The third-order valence-electron chi connectivity index (χ3n) is 8.18. The highest BCUT2D eigenvalue weighted by atomic mass is 32.1. The summed E-state index contributed by atoms with van der Waals surface area (Å²) in [6.07, 6.45) is 2.73. The minimum atomic E-state index is -0.380. The van der Waals surface area contributed by atoms with Gasteiger partial charge in [-0.15, -0.1) is 11.3 Å². The van der Waals surface area contributed by atoms with Crippen LogP contribution < -0.4 is 19.7 Å². The number of nitrogens with one attached hydrogen (secondary N) is 1. The SMILES string of the molecule is CCOC(=O)CCc1ccc(OCc2cc(OC)c(CN3c4ccccc4C4(CCNCC4)C3C)s2)cc1F. The Morgan fingerprint density at radius 2 is 1.97 bits per heavy atom. The molecule has 2 aromatic carbocycles. The Hall–Kier alpha value is -3.10. The number of hydrogen-bond acceptors (Lipinski definition) is 7. The lowest BCUT2D eigenvalue weighted by molar-refractivity contribution is -0.143. The normalized spacial score (nSPS) is 17.7. The highest BCUT2D eigenvalue weighted by Gasteiger charge is 2.48. The van der Waals surface area contributed by atoms with E-state index in [0.717, 1.165) is 48.0 Å². The van der Waals surface area contributed by atoms with E-state index in [0.29, 0.717) is 37.0 Å². The maximum atomic E-state index is 14.6. The van der Waals surface area contributed by atoms with Gasteiger partial charge in [0.25, 0.3) is 0 Å². The van der Waals surface area contributed by atoms with E-state index in [9.17, 15) is 9.18 Å². The molecule has 0 saturated carbocycles. The van der Waals surface area contributed by atoms with Gasteiger partial charge in [0.15, 0.2) is 0 Å². The molecule has 1 aromatic heterocycles. The van der Waals surface area contributed by atoms with E-state index < -0.39 is 0 Å². The summed E-state index contributed by atoms with van der Waals surface area (Å²) in [5.41, 5.74) is 3.43. The number of carbonyl (C=O) groups is 1. The molecule has 0 amide bonds. The molecular formula is C31H37FN2O4S. The predicted molar refractivity (Wildman–Crippen MR) is 152 cm³/mol. The molecule has 2 aliphatic rings. The number of thiophene rings is 1. The number of piperidine rings is 1. The van der Waals surface area contributed by atoms with Crippen LogP contribution in [-0.4, -0.2) is 38.8 Å². The Bertz CT molecular complexity index is 1300. The fourth-order valence-electron chi connectivity index (χ4n) is 6.08. The maximum Gasteiger partial charge on any atom is 0.306 e. The largest absolute Gasteiger partial charge is 0.496 e. The van der Waals surface area contributed by atoms with Gasteiger partial charge in [0, 0.05) is 34.5 Å². The lowest BCUT2D eigenvalue weighted by atomic mass is 9.70. The highest BCUT2D eigenvalue weighted by Crippen LogP contribution is 2.51. The van der Waals surface area contributed by atoms with E-state index in [1.54, 1.807) is 37.5 Å². The standard InChI is InChI=1S/C31H37FN2O4S/c1-4-37-30(35)12-10-22-9-11-23(17-26(22)32)38-20-24-18-28(36-3)29(39-24)19-34-21(2)31(13-15-33-16-14-31)25-7-5-6-8-27(25)34/h5-9,11,17-18,21,33H,4,10,12-16,19-20H2,1-3H3. The molecule has 3 heterocycles. The van der Waals surface area contributed by atoms with Crippen LogP contribution in [0, 0.1) is 5.82 Å². The third-order valence-corrected chi connectivity index (χ3v) is 9.25.